The molecule has 132 valence electrons. The molecule has 1 aromatic rings. The summed E-state index contributed by atoms with van der Waals surface area (Å²) < 4.78 is 11.9. The van der Waals surface area contributed by atoms with Gasteiger partial charge >= 0.3 is 6.09 Å². The van der Waals surface area contributed by atoms with Crippen molar-refractivity contribution < 1.29 is 19.1 Å². The number of hydrogen-bond acceptors (Lipinski definition) is 4. The molecule has 0 saturated carbocycles. The average molecular weight is 398 g/mol. The number of rotatable bonds is 3. The zero-order chi connectivity index (χ0) is 18.1. The van der Waals surface area contributed by atoms with E-state index in [1.165, 1.54) is 0 Å². The highest BCUT2D eigenvalue weighted by molar-refractivity contribution is 9.10. The minimum atomic E-state index is -0.535. The monoisotopic (exact) mass is 397 g/mol. The predicted octanol–water partition coefficient (Wildman–Crippen LogP) is 4.00. The normalized spacial score (nSPS) is 17.3. The van der Waals surface area contributed by atoms with Crippen molar-refractivity contribution in [2.24, 2.45) is 5.92 Å². The van der Waals surface area contributed by atoms with Crippen molar-refractivity contribution in [3.8, 4) is 5.75 Å². The smallest absolute Gasteiger partial charge is 0.407 e. The van der Waals surface area contributed by atoms with Crippen LogP contribution in [0.1, 0.15) is 45.7 Å². The molecule has 1 aromatic carbocycles. The van der Waals surface area contributed by atoms with Gasteiger partial charge < -0.3 is 14.8 Å². The van der Waals surface area contributed by atoms with Crippen LogP contribution in [0, 0.1) is 5.92 Å². The molecule has 0 bridgehead atoms. The van der Waals surface area contributed by atoms with Crippen molar-refractivity contribution in [2.75, 3.05) is 0 Å². The lowest BCUT2D eigenvalue weighted by atomic mass is 9.93. The Labute approximate surface area is 151 Å². The number of fused-ring (bicyclic) bond motifs is 1. The van der Waals surface area contributed by atoms with Gasteiger partial charge in [0, 0.05) is 18.5 Å². The van der Waals surface area contributed by atoms with Crippen molar-refractivity contribution in [3.05, 3.63) is 27.7 Å². The van der Waals surface area contributed by atoms with Crippen LogP contribution in [0.4, 0.5) is 4.79 Å². The highest BCUT2D eigenvalue weighted by Gasteiger charge is 2.31. The molecule has 0 fully saturated rings. The van der Waals surface area contributed by atoms with Gasteiger partial charge in [0.15, 0.2) is 11.9 Å². The van der Waals surface area contributed by atoms with E-state index in [1.54, 1.807) is 0 Å². The van der Waals surface area contributed by atoms with E-state index in [9.17, 15) is 9.59 Å². The van der Waals surface area contributed by atoms with Gasteiger partial charge in [0.2, 0.25) is 0 Å². The summed E-state index contributed by atoms with van der Waals surface area (Å²) in [7, 11) is 0. The summed E-state index contributed by atoms with van der Waals surface area (Å²) in [5, 5.41) is 2.72. The molecule has 0 saturated heterocycles. The Bertz CT molecular complexity index is 649. The molecule has 0 spiro atoms. The van der Waals surface area contributed by atoms with Crippen molar-refractivity contribution in [3.63, 3.8) is 0 Å². The molecule has 6 heteroatoms. The molecule has 1 atom stereocenters. The van der Waals surface area contributed by atoms with Crippen LogP contribution in [0.15, 0.2) is 16.6 Å². The molecule has 1 heterocycles. The Morgan fingerprint density at radius 1 is 1.42 bits per heavy atom. The number of halogens is 1. The number of ketones is 1. The van der Waals surface area contributed by atoms with E-state index in [2.05, 4.69) is 21.2 Å². The van der Waals surface area contributed by atoms with Gasteiger partial charge in [0.25, 0.3) is 0 Å². The third-order valence-electron chi connectivity index (χ3n) is 3.55. The van der Waals surface area contributed by atoms with Gasteiger partial charge in [-0.2, -0.15) is 0 Å². The summed E-state index contributed by atoms with van der Waals surface area (Å²) in [6.07, 6.45) is -0.528. The number of benzene rings is 1. The SMILES string of the molecule is CC(C)C1Oc2c(Br)cc(CNC(=O)OC(C)(C)C)cc2CC1=O. The Morgan fingerprint density at radius 3 is 2.67 bits per heavy atom. The fraction of sp³-hybridized carbons (Fsp3) is 0.556. The molecule has 1 N–H and O–H groups in total. The lowest BCUT2D eigenvalue weighted by Gasteiger charge is -2.28. The number of Topliss-reactive ketones (excluding diaryl/α,β-unsaturated/α-hetero) is 1. The van der Waals surface area contributed by atoms with Crippen molar-refractivity contribution >= 4 is 27.8 Å². The summed E-state index contributed by atoms with van der Waals surface area (Å²) in [5.41, 5.74) is 1.19. The molecule has 0 radical (unpaired) electrons. The van der Waals surface area contributed by atoms with Gasteiger partial charge in [0.05, 0.1) is 4.47 Å². The molecular weight excluding hydrogens is 374 g/mol. The third-order valence-corrected chi connectivity index (χ3v) is 4.14. The minimum Gasteiger partial charge on any atom is -0.481 e. The average Bonchev–Trinajstić information content (AvgIpc) is 2.42. The molecule has 24 heavy (non-hydrogen) atoms. The molecule has 2 rings (SSSR count). The first kappa shape index (κ1) is 18.8. The number of hydrogen-bond donors (Lipinski definition) is 1. The van der Waals surface area contributed by atoms with Crippen molar-refractivity contribution in [1.82, 2.24) is 5.32 Å². The Kier molecular flexibility index (Phi) is 5.58. The summed E-state index contributed by atoms with van der Waals surface area (Å²) in [6.45, 7) is 9.71. The molecule has 1 unspecified atom stereocenters. The van der Waals surface area contributed by atoms with Crippen LogP contribution in [0.5, 0.6) is 5.75 Å². The van der Waals surface area contributed by atoms with Crippen molar-refractivity contribution in [2.45, 2.75) is 59.3 Å². The second kappa shape index (κ2) is 7.13. The standard InChI is InChI=1S/C18H24BrNO4/c1-10(2)15-14(21)8-12-6-11(7-13(19)16(12)23-15)9-20-17(22)24-18(3,4)5/h6-7,10,15H,8-9H2,1-5H3,(H,20,22). The molecule has 1 amide bonds. The van der Waals surface area contributed by atoms with Crippen LogP contribution in [-0.4, -0.2) is 23.6 Å². The highest BCUT2D eigenvalue weighted by atomic mass is 79.9. The zero-order valence-electron chi connectivity index (χ0n) is 14.7. The second-order valence-corrected chi connectivity index (χ2v) is 8.20. The molecule has 1 aliphatic heterocycles. The first-order chi connectivity index (χ1) is 11.1. The topological polar surface area (TPSA) is 64.6 Å². The Balaban J connectivity index is 2.11. The zero-order valence-corrected chi connectivity index (χ0v) is 16.3. The number of carbonyl (C=O) groups excluding carboxylic acids is 2. The molecule has 0 aromatic heterocycles. The summed E-state index contributed by atoms with van der Waals surface area (Å²) >= 11 is 3.51. The number of alkyl carbamates (subject to hydrolysis) is 1. The third kappa shape index (κ3) is 4.72. The first-order valence-corrected chi connectivity index (χ1v) is 8.83. The van der Waals surface area contributed by atoms with Crippen LogP contribution in [0.25, 0.3) is 0 Å². The summed E-state index contributed by atoms with van der Waals surface area (Å²) in [5.74, 6) is 0.932. The summed E-state index contributed by atoms with van der Waals surface area (Å²) in [6, 6.07) is 3.79. The van der Waals surface area contributed by atoms with E-state index in [-0.39, 0.29) is 11.7 Å². The minimum absolute atomic E-state index is 0.0849. The molecule has 0 aliphatic carbocycles. The van der Waals surface area contributed by atoms with E-state index >= 15 is 0 Å². The lowest BCUT2D eigenvalue weighted by Crippen LogP contribution is -2.37. The molecule has 1 aliphatic rings. The fourth-order valence-corrected chi connectivity index (χ4v) is 3.20. The van der Waals surface area contributed by atoms with Crippen LogP contribution < -0.4 is 10.1 Å². The van der Waals surface area contributed by atoms with E-state index in [4.69, 9.17) is 9.47 Å². The van der Waals surface area contributed by atoms with E-state index < -0.39 is 17.8 Å². The maximum absolute atomic E-state index is 12.2. The van der Waals surface area contributed by atoms with E-state index in [1.807, 2.05) is 46.8 Å². The van der Waals surface area contributed by atoms with Gasteiger partial charge in [-0.1, -0.05) is 13.8 Å². The van der Waals surface area contributed by atoms with Gasteiger partial charge in [-0.3, -0.25) is 4.79 Å². The van der Waals surface area contributed by atoms with E-state index in [0.29, 0.717) is 18.7 Å². The van der Waals surface area contributed by atoms with Crippen LogP contribution in [-0.2, 0) is 22.5 Å². The maximum atomic E-state index is 12.2. The molecule has 5 nitrogen and oxygen atoms in total. The fourth-order valence-electron chi connectivity index (χ4n) is 2.56. The number of ether oxygens (including phenoxy) is 2. The number of amides is 1. The first-order valence-electron chi connectivity index (χ1n) is 8.04. The predicted molar refractivity (Wildman–Crippen MR) is 95.2 cm³/mol. The van der Waals surface area contributed by atoms with Gasteiger partial charge in [-0.25, -0.2) is 4.79 Å². The molecular formula is C18H24BrNO4. The summed E-state index contributed by atoms with van der Waals surface area (Å²) in [4.78, 5) is 24.0. The largest absolute Gasteiger partial charge is 0.481 e. The second-order valence-electron chi connectivity index (χ2n) is 7.35. The lowest BCUT2D eigenvalue weighted by molar-refractivity contribution is -0.128. The van der Waals surface area contributed by atoms with Crippen LogP contribution in [0.2, 0.25) is 0 Å². The Hall–Kier alpha value is -1.56. The van der Waals surface area contributed by atoms with Gasteiger partial charge in [-0.15, -0.1) is 0 Å². The van der Waals surface area contributed by atoms with E-state index in [0.717, 1.165) is 15.6 Å². The quantitative estimate of drug-likeness (QED) is 0.836. The number of carbonyl (C=O) groups is 2. The van der Waals surface area contributed by atoms with Gasteiger partial charge in [0.1, 0.15) is 11.4 Å². The highest BCUT2D eigenvalue weighted by Crippen LogP contribution is 2.36. The maximum Gasteiger partial charge on any atom is 0.407 e. The van der Waals surface area contributed by atoms with Gasteiger partial charge in [-0.05, 0) is 60.3 Å². The van der Waals surface area contributed by atoms with Crippen LogP contribution in [0.3, 0.4) is 0 Å². The van der Waals surface area contributed by atoms with Crippen molar-refractivity contribution in [1.29, 1.82) is 0 Å². The number of nitrogens with one attached hydrogen (secondary N) is 1. The van der Waals surface area contributed by atoms with Crippen LogP contribution >= 0.6 is 15.9 Å². The Morgan fingerprint density at radius 2 is 2.08 bits per heavy atom.